The summed E-state index contributed by atoms with van der Waals surface area (Å²) >= 11 is 0. The van der Waals surface area contributed by atoms with E-state index in [9.17, 15) is 4.79 Å². The normalized spacial score (nSPS) is 15.3. The maximum Gasteiger partial charge on any atom is 0.214 e. The van der Waals surface area contributed by atoms with Gasteiger partial charge in [0, 0.05) is 31.9 Å². The average molecular weight is 352 g/mol. The minimum Gasteiger partial charge on any atom is -0.314 e. The fourth-order valence-corrected chi connectivity index (χ4v) is 3.10. The summed E-state index contributed by atoms with van der Waals surface area (Å²) in [6, 6.07) is 8.17. The van der Waals surface area contributed by atoms with Crippen LogP contribution in [0.5, 0.6) is 0 Å². The summed E-state index contributed by atoms with van der Waals surface area (Å²) in [7, 11) is 1.89. The van der Waals surface area contributed by atoms with Gasteiger partial charge in [0.1, 0.15) is 5.69 Å². The predicted octanol–water partition coefficient (Wildman–Crippen LogP) is 3.62. The summed E-state index contributed by atoms with van der Waals surface area (Å²) in [5.41, 5.74) is 6.18. The molecule has 0 fully saturated rings. The van der Waals surface area contributed by atoms with Crippen LogP contribution in [0, 0.1) is 6.92 Å². The Labute approximate surface area is 156 Å². The van der Waals surface area contributed by atoms with Gasteiger partial charge in [0.15, 0.2) is 0 Å². The monoisotopic (exact) mass is 352 g/mol. The molecule has 1 aliphatic rings. The van der Waals surface area contributed by atoms with Crippen molar-refractivity contribution in [1.82, 2.24) is 14.7 Å². The van der Waals surface area contributed by atoms with Gasteiger partial charge in [-0.05, 0) is 43.5 Å². The number of carbonyl (C=O) groups excluding carboxylic acids is 1. The van der Waals surface area contributed by atoms with Crippen molar-refractivity contribution >= 4 is 17.8 Å². The zero-order chi connectivity index (χ0) is 19.1. The Morgan fingerprint density at radius 1 is 1.31 bits per heavy atom. The summed E-state index contributed by atoms with van der Waals surface area (Å²) in [5.74, 6) is 0. The van der Waals surface area contributed by atoms with Crippen LogP contribution in [0.2, 0.25) is 0 Å². The standard InChI is InChI=1S/C19H22N4O.C2H6/c1-4-20-18(17-9-10-22(3)21-17)12-19-16-7-5-6-14(2)15(16)8-11-23(19)13-24;1-2/h5-7,9-10,12-13H,4,8,11H2,1-3H3;1-2H3/b19-12-,20-18?;. The maximum absolute atomic E-state index is 11.6. The van der Waals surface area contributed by atoms with E-state index in [0.29, 0.717) is 13.1 Å². The van der Waals surface area contributed by atoms with Crippen molar-refractivity contribution in [1.29, 1.82) is 0 Å². The first kappa shape index (κ1) is 19.6. The number of carbonyl (C=O) groups is 1. The highest BCUT2D eigenvalue weighted by Gasteiger charge is 2.22. The molecule has 0 radical (unpaired) electrons. The highest BCUT2D eigenvalue weighted by atomic mass is 16.1. The van der Waals surface area contributed by atoms with Crippen LogP contribution in [-0.2, 0) is 18.3 Å². The summed E-state index contributed by atoms with van der Waals surface area (Å²) in [4.78, 5) is 17.9. The highest BCUT2D eigenvalue weighted by Crippen LogP contribution is 2.30. The summed E-state index contributed by atoms with van der Waals surface area (Å²) < 4.78 is 1.76. The number of amides is 1. The minimum absolute atomic E-state index is 0.664. The van der Waals surface area contributed by atoms with E-state index in [0.717, 1.165) is 35.5 Å². The molecule has 0 N–H and O–H groups in total. The molecular formula is C21H28N4O. The van der Waals surface area contributed by atoms with Crippen LogP contribution in [0.15, 0.2) is 41.5 Å². The number of aryl methyl sites for hydroxylation is 2. The fraction of sp³-hybridized carbons (Fsp3) is 0.381. The fourth-order valence-electron chi connectivity index (χ4n) is 3.10. The van der Waals surface area contributed by atoms with Crippen molar-refractivity contribution in [2.75, 3.05) is 13.1 Å². The molecule has 138 valence electrons. The van der Waals surface area contributed by atoms with Crippen molar-refractivity contribution in [2.45, 2.75) is 34.1 Å². The lowest BCUT2D eigenvalue weighted by Gasteiger charge is -2.29. The maximum atomic E-state index is 11.6. The number of fused-ring (bicyclic) bond motifs is 1. The van der Waals surface area contributed by atoms with Crippen LogP contribution in [0.3, 0.4) is 0 Å². The molecule has 1 amide bonds. The number of nitrogens with zero attached hydrogens (tertiary/aromatic N) is 4. The Morgan fingerprint density at radius 3 is 2.69 bits per heavy atom. The first-order chi connectivity index (χ1) is 12.6. The number of allylic oxidation sites excluding steroid dienone is 1. The van der Waals surface area contributed by atoms with E-state index in [1.807, 2.05) is 52.2 Å². The van der Waals surface area contributed by atoms with Gasteiger partial charge in [-0.25, -0.2) is 0 Å². The van der Waals surface area contributed by atoms with Gasteiger partial charge in [0.2, 0.25) is 6.41 Å². The third kappa shape index (κ3) is 4.10. The lowest BCUT2D eigenvalue weighted by atomic mass is 9.92. The molecule has 0 saturated heterocycles. The molecule has 3 rings (SSSR count). The molecule has 0 spiro atoms. The summed E-state index contributed by atoms with van der Waals surface area (Å²) in [6.07, 6.45) is 5.66. The Morgan fingerprint density at radius 2 is 2.08 bits per heavy atom. The number of benzene rings is 1. The Kier molecular flexibility index (Phi) is 6.89. The van der Waals surface area contributed by atoms with Crippen molar-refractivity contribution in [3.05, 3.63) is 58.9 Å². The second-order valence-corrected chi connectivity index (χ2v) is 5.91. The number of aromatic nitrogens is 2. The Hall–Kier alpha value is -2.69. The van der Waals surface area contributed by atoms with E-state index in [4.69, 9.17) is 0 Å². The third-order valence-corrected chi connectivity index (χ3v) is 4.30. The van der Waals surface area contributed by atoms with E-state index in [-0.39, 0.29) is 0 Å². The second kappa shape index (κ2) is 9.13. The minimum atomic E-state index is 0.664. The van der Waals surface area contributed by atoms with Gasteiger partial charge in [0.05, 0.1) is 11.4 Å². The summed E-state index contributed by atoms with van der Waals surface area (Å²) in [6.45, 7) is 9.47. The van der Waals surface area contributed by atoms with E-state index >= 15 is 0 Å². The molecule has 2 heterocycles. The molecule has 0 unspecified atom stereocenters. The molecule has 5 nitrogen and oxygen atoms in total. The van der Waals surface area contributed by atoms with Gasteiger partial charge in [-0.3, -0.25) is 14.5 Å². The number of hydrogen-bond acceptors (Lipinski definition) is 3. The predicted molar refractivity (Wildman–Crippen MR) is 107 cm³/mol. The second-order valence-electron chi connectivity index (χ2n) is 5.91. The number of rotatable bonds is 4. The lowest BCUT2D eigenvalue weighted by Crippen LogP contribution is -2.29. The largest absolute Gasteiger partial charge is 0.314 e. The number of aliphatic imine (C=N–C) groups is 1. The Balaban J connectivity index is 0.00000117. The zero-order valence-electron chi connectivity index (χ0n) is 16.4. The van der Waals surface area contributed by atoms with Crippen LogP contribution < -0.4 is 0 Å². The van der Waals surface area contributed by atoms with E-state index in [1.165, 1.54) is 11.1 Å². The van der Waals surface area contributed by atoms with Gasteiger partial charge >= 0.3 is 0 Å². The van der Waals surface area contributed by atoms with Crippen molar-refractivity contribution in [3.8, 4) is 0 Å². The van der Waals surface area contributed by atoms with Crippen LogP contribution in [0.4, 0.5) is 0 Å². The first-order valence-corrected chi connectivity index (χ1v) is 9.21. The molecule has 2 aromatic rings. The van der Waals surface area contributed by atoms with Gasteiger partial charge in [0.25, 0.3) is 0 Å². The van der Waals surface area contributed by atoms with Crippen LogP contribution in [0.1, 0.15) is 43.2 Å². The molecule has 0 bridgehead atoms. The highest BCUT2D eigenvalue weighted by molar-refractivity contribution is 6.11. The molecule has 1 aliphatic heterocycles. The van der Waals surface area contributed by atoms with Crippen molar-refractivity contribution in [3.63, 3.8) is 0 Å². The van der Waals surface area contributed by atoms with Gasteiger partial charge in [-0.2, -0.15) is 5.10 Å². The molecule has 1 aromatic heterocycles. The van der Waals surface area contributed by atoms with Crippen LogP contribution in [-0.4, -0.2) is 39.9 Å². The molecular weight excluding hydrogens is 324 g/mol. The van der Waals surface area contributed by atoms with Gasteiger partial charge in [-0.15, -0.1) is 0 Å². The molecule has 26 heavy (non-hydrogen) atoms. The molecule has 5 heteroatoms. The number of hydrogen-bond donors (Lipinski definition) is 0. The lowest BCUT2D eigenvalue weighted by molar-refractivity contribution is -0.115. The van der Waals surface area contributed by atoms with Crippen molar-refractivity contribution in [2.24, 2.45) is 12.0 Å². The van der Waals surface area contributed by atoms with Gasteiger partial charge in [-0.1, -0.05) is 32.0 Å². The van der Waals surface area contributed by atoms with Crippen molar-refractivity contribution < 1.29 is 4.79 Å². The van der Waals surface area contributed by atoms with Crippen LogP contribution >= 0.6 is 0 Å². The molecule has 0 saturated carbocycles. The van der Waals surface area contributed by atoms with E-state index in [2.05, 4.69) is 29.1 Å². The Bertz CT molecular complexity index is 817. The summed E-state index contributed by atoms with van der Waals surface area (Å²) in [5, 5.41) is 4.45. The zero-order valence-corrected chi connectivity index (χ0v) is 16.4. The third-order valence-electron chi connectivity index (χ3n) is 4.30. The van der Waals surface area contributed by atoms with Crippen LogP contribution in [0.25, 0.3) is 5.70 Å². The molecule has 1 aromatic carbocycles. The topological polar surface area (TPSA) is 50.5 Å². The van der Waals surface area contributed by atoms with E-state index < -0.39 is 0 Å². The van der Waals surface area contributed by atoms with E-state index in [1.54, 1.807) is 9.58 Å². The average Bonchev–Trinajstić information content (AvgIpc) is 3.10. The van der Waals surface area contributed by atoms with Gasteiger partial charge < -0.3 is 4.90 Å². The molecule has 0 atom stereocenters. The smallest absolute Gasteiger partial charge is 0.214 e. The molecule has 0 aliphatic carbocycles. The first-order valence-electron chi connectivity index (χ1n) is 9.21. The quantitative estimate of drug-likeness (QED) is 0.623. The SMILES string of the molecule is CC.CCN=C(/C=C1/c2cccc(C)c2CCN1C=O)c1ccn(C)n1.